The van der Waals surface area contributed by atoms with Gasteiger partial charge in [-0.15, -0.1) is 0 Å². The van der Waals surface area contributed by atoms with Gasteiger partial charge in [-0.05, 0) is 49.9 Å². The van der Waals surface area contributed by atoms with Gasteiger partial charge in [0.05, 0.1) is 11.6 Å². The van der Waals surface area contributed by atoms with Crippen LogP contribution in [0.2, 0.25) is 5.02 Å². The number of aromatic nitrogens is 2. The molecule has 0 bridgehead atoms. The molecule has 3 amide bonds. The van der Waals surface area contributed by atoms with Gasteiger partial charge in [-0.1, -0.05) is 11.6 Å². The van der Waals surface area contributed by atoms with Crippen LogP contribution in [0.1, 0.15) is 36.2 Å². The molecule has 2 fully saturated rings. The van der Waals surface area contributed by atoms with Gasteiger partial charge in [0.25, 0.3) is 5.91 Å². The van der Waals surface area contributed by atoms with Crippen LogP contribution < -0.4 is 15.5 Å². The molecule has 12 heteroatoms. The summed E-state index contributed by atoms with van der Waals surface area (Å²) in [6, 6.07) is 6.78. The van der Waals surface area contributed by atoms with Crippen molar-refractivity contribution in [2.75, 3.05) is 49.4 Å². The summed E-state index contributed by atoms with van der Waals surface area (Å²) in [5.74, 6) is -0.183. The van der Waals surface area contributed by atoms with Crippen molar-refractivity contribution in [3.8, 4) is 0 Å². The zero-order chi connectivity index (χ0) is 26.8. The van der Waals surface area contributed by atoms with Crippen LogP contribution in [-0.4, -0.2) is 72.5 Å². The number of furan rings is 1. The first-order valence-corrected chi connectivity index (χ1v) is 12.9. The Morgan fingerprint density at radius 3 is 2.58 bits per heavy atom. The average molecular weight is 541 g/mol. The van der Waals surface area contributed by atoms with Crippen LogP contribution in [-0.2, 0) is 14.3 Å². The maximum absolute atomic E-state index is 13.4. The SMILES string of the molecule is CN(C)c1ccc2oc(C(=O)Nc3ccc(Cl)cn3)c(NC(=O)[C@H]3CC[C@H](N4CCOCC4=O)CC3)c2n1. The molecule has 0 radical (unpaired) electrons. The molecule has 3 aromatic heterocycles. The van der Waals surface area contributed by atoms with Crippen molar-refractivity contribution in [1.29, 1.82) is 0 Å². The number of fused-ring (bicyclic) bond motifs is 1. The van der Waals surface area contributed by atoms with E-state index in [1.54, 1.807) is 24.3 Å². The highest BCUT2D eigenvalue weighted by molar-refractivity contribution is 6.30. The molecule has 2 aliphatic rings. The van der Waals surface area contributed by atoms with Crippen molar-refractivity contribution in [3.63, 3.8) is 0 Å². The van der Waals surface area contributed by atoms with Crippen LogP contribution in [0.3, 0.4) is 0 Å². The summed E-state index contributed by atoms with van der Waals surface area (Å²) in [7, 11) is 3.70. The summed E-state index contributed by atoms with van der Waals surface area (Å²) in [5.41, 5.74) is 0.965. The van der Waals surface area contributed by atoms with E-state index in [9.17, 15) is 14.4 Å². The lowest BCUT2D eigenvalue weighted by molar-refractivity contribution is -0.146. The Bertz CT molecular complexity index is 1350. The third kappa shape index (κ3) is 5.44. The number of halogens is 1. The molecule has 5 rings (SSSR count). The van der Waals surface area contributed by atoms with Gasteiger partial charge in [-0.25, -0.2) is 9.97 Å². The van der Waals surface area contributed by atoms with Gasteiger partial charge in [-0.3, -0.25) is 14.4 Å². The first-order chi connectivity index (χ1) is 18.3. The van der Waals surface area contributed by atoms with E-state index in [0.29, 0.717) is 47.9 Å². The zero-order valence-corrected chi connectivity index (χ0v) is 22.0. The van der Waals surface area contributed by atoms with Gasteiger partial charge in [0.15, 0.2) is 5.58 Å². The molecule has 0 aromatic carbocycles. The molecule has 1 saturated heterocycles. The number of nitrogens with zero attached hydrogens (tertiary/aromatic N) is 4. The van der Waals surface area contributed by atoms with E-state index >= 15 is 0 Å². The van der Waals surface area contributed by atoms with Gasteiger partial charge >= 0.3 is 0 Å². The van der Waals surface area contributed by atoms with E-state index in [-0.39, 0.29) is 47.6 Å². The Morgan fingerprint density at radius 1 is 1.11 bits per heavy atom. The summed E-state index contributed by atoms with van der Waals surface area (Å²) in [4.78, 5) is 51.2. The molecule has 1 aliphatic carbocycles. The summed E-state index contributed by atoms with van der Waals surface area (Å²) in [6.07, 6.45) is 4.14. The maximum atomic E-state index is 13.4. The van der Waals surface area contributed by atoms with Crippen molar-refractivity contribution < 1.29 is 23.5 Å². The third-order valence-corrected chi connectivity index (χ3v) is 7.16. The standard InChI is InChI=1S/C26H29ClN6O5/c1-32(2)20-10-8-18-22(30-20)23(24(38-18)26(36)29-19-9-5-16(27)13-28-19)31-25(35)15-3-6-17(7-4-15)33-11-12-37-14-21(33)34/h5,8-10,13,15,17H,3-4,6-7,11-12,14H2,1-2H3,(H,31,35)(H,28,29,36)/t15-,17-. The second kappa shape index (κ2) is 11.0. The maximum Gasteiger partial charge on any atom is 0.294 e. The Morgan fingerprint density at radius 2 is 1.89 bits per heavy atom. The van der Waals surface area contributed by atoms with Gasteiger partial charge in [0.2, 0.25) is 17.6 Å². The van der Waals surface area contributed by atoms with Crippen LogP contribution >= 0.6 is 11.6 Å². The van der Waals surface area contributed by atoms with Crippen LogP contribution in [0.25, 0.3) is 11.1 Å². The predicted molar refractivity (Wildman–Crippen MR) is 142 cm³/mol. The molecule has 1 aliphatic heterocycles. The number of morpholine rings is 1. The normalized spacial score (nSPS) is 19.9. The first kappa shape index (κ1) is 25.9. The molecule has 0 spiro atoms. The summed E-state index contributed by atoms with van der Waals surface area (Å²) in [6.45, 7) is 1.24. The highest BCUT2D eigenvalue weighted by Gasteiger charge is 2.34. The fourth-order valence-corrected chi connectivity index (χ4v) is 5.02. The number of pyridine rings is 2. The first-order valence-electron chi connectivity index (χ1n) is 12.5. The van der Waals surface area contributed by atoms with E-state index < -0.39 is 5.91 Å². The predicted octanol–water partition coefficient (Wildman–Crippen LogP) is 3.55. The van der Waals surface area contributed by atoms with E-state index in [2.05, 4.69) is 20.6 Å². The molecule has 0 atom stereocenters. The summed E-state index contributed by atoms with van der Waals surface area (Å²) < 4.78 is 11.1. The lowest BCUT2D eigenvalue weighted by Gasteiger charge is -2.38. The third-order valence-electron chi connectivity index (χ3n) is 6.93. The fraction of sp³-hybridized carbons (Fsp3) is 0.423. The number of hydrogen-bond acceptors (Lipinski definition) is 8. The number of hydrogen-bond donors (Lipinski definition) is 2. The number of nitrogens with one attached hydrogen (secondary N) is 2. The fourth-order valence-electron chi connectivity index (χ4n) is 4.90. The van der Waals surface area contributed by atoms with Gasteiger partial charge < -0.3 is 29.6 Å². The number of ether oxygens (including phenoxy) is 1. The van der Waals surface area contributed by atoms with Crippen LogP contribution in [0, 0.1) is 5.92 Å². The monoisotopic (exact) mass is 540 g/mol. The molecule has 3 aromatic rings. The van der Waals surface area contributed by atoms with Crippen LogP contribution in [0.4, 0.5) is 17.3 Å². The smallest absolute Gasteiger partial charge is 0.294 e. The lowest BCUT2D eigenvalue weighted by Crippen LogP contribution is -2.49. The number of rotatable bonds is 6. The molecule has 200 valence electrons. The Labute approximate surface area is 224 Å². The Hall–Kier alpha value is -3.70. The molecule has 2 N–H and O–H groups in total. The second-order valence-electron chi connectivity index (χ2n) is 9.67. The van der Waals surface area contributed by atoms with E-state index in [1.165, 1.54) is 6.20 Å². The zero-order valence-electron chi connectivity index (χ0n) is 21.2. The number of carbonyl (C=O) groups is 3. The van der Waals surface area contributed by atoms with Crippen molar-refractivity contribution in [2.24, 2.45) is 5.92 Å². The molecule has 1 saturated carbocycles. The molecule has 4 heterocycles. The number of anilines is 3. The largest absolute Gasteiger partial charge is 0.447 e. The summed E-state index contributed by atoms with van der Waals surface area (Å²) in [5, 5.41) is 6.05. The van der Waals surface area contributed by atoms with Crippen LogP contribution in [0.5, 0.6) is 0 Å². The lowest BCUT2D eigenvalue weighted by atomic mass is 9.84. The van der Waals surface area contributed by atoms with Gasteiger partial charge in [-0.2, -0.15) is 0 Å². The van der Waals surface area contributed by atoms with E-state index in [1.807, 2.05) is 23.9 Å². The van der Waals surface area contributed by atoms with Gasteiger partial charge in [0, 0.05) is 38.8 Å². The second-order valence-corrected chi connectivity index (χ2v) is 10.1. The summed E-state index contributed by atoms with van der Waals surface area (Å²) >= 11 is 5.90. The highest BCUT2D eigenvalue weighted by atomic mass is 35.5. The van der Waals surface area contributed by atoms with Crippen molar-refractivity contribution >= 4 is 57.7 Å². The topological polar surface area (TPSA) is 130 Å². The molecule has 0 unspecified atom stereocenters. The minimum atomic E-state index is -0.575. The van der Waals surface area contributed by atoms with Crippen molar-refractivity contribution in [3.05, 3.63) is 41.2 Å². The van der Waals surface area contributed by atoms with Crippen LogP contribution in [0.15, 0.2) is 34.9 Å². The minimum Gasteiger partial charge on any atom is -0.447 e. The molecule has 38 heavy (non-hydrogen) atoms. The Balaban J connectivity index is 1.36. The molecule has 11 nitrogen and oxygen atoms in total. The Kier molecular flexibility index (Phi) is 7.48. The van der Waals surface area contributed by atoms with Crippen molar-refractivity contribution in [2.45, 2.75) is 31.7 Å². The number of carbonyl (C=O) groups excluding carboxylic acids is 3. The van der Waals surface area contributed by atoms with E-state index in [4.69, 9.17) is 20.8 Å². The number of amides is 3. The quantitative estimate of drug-likeness (QED) is 0.485. The van der Waals surface area contributed by atoms with Gasteiger partial charge in [0.1, 0.15) is 29.4 Å². The minimum absolute atomic E-state index is 0.00243. The molecular formula is C26H29ClN6O5. The van der Waals surface area contributed by atoms with E-state index in [0.717, 1.165) is 12.8 Å². The molecular weight excluding hydrogens is 512 g/mol. The average Bonchev–Trinajstić information content (AvgIpc) is 3.28. The highest BCUT2D eigenvalue weighted by Crippen LogP contribution is 2.34. The van der Waals surface area contributed by atoms with Crippen molar-refractivity contribution in [1.82, 2.24) is 14.9 Å².